The van der Waals surface area contributed by atoms with Crippen LogP contribution in [0.25, 0.3) is 10.1 Å². The minimum Gasteiger partial charge on any atom is -0.316 e. The zero-order chi connectivity index (χ0) is 18.5. The van der Waals surface area contributed by atoms with Gasteiger partial charge in [-0.05, 0) is 74.8 Å². The minimum atomic E-state index is 0.628. The highest BCUT2D eigenvalue weighted by Crippen LogP contribution is 2.29. The molecule has 1 fully saturated rings. The van der Waals surface area contributed by atoms with Crippen LogP contribution < -0.4 is 5.32 Å². The lowest BCUT2D eigenvalue weighted by Gasteiger charge is -2.37. The zero-order valence-corrected chi connectivity index (χ0v) is 17.0. The van der Waals surface area contributed by atoms with Gasteiger partial charge in [-0.25, -0.2) is 0 Å². The van der Waals surface area contributed by atoms with Crippen molar-refractivity contribution in [2.45, 2.75) is 38.3 Å². The number of nitrogens with one attached hydrogen (secondary N) is 1. The fourth-order valence-corrected chi connectivity index (χ4v) is 5.54. The van der Waals surface area contributed by atoms with Crippen LogP contribution in [0.1, 0.15) is 29.7 Å². The fraction of sp³-hybridized carbons (Fsp3) is 0.417. The van der Waals surface area contributed by atoms with Crippen LogP contribution in [0.15, 0.2) is 60.7 Å². The Morgan fingerprint density at radius 3 is 2.70 bits per heavy atom. The van der Waals surface area contributed by atoms with Crippen molar-refractivity contribution in [2.24, 2.45) is 5.92 Å². The Morgan fingerprint density at radius 2 is 1.93 bits per heavy atom. The van der Waals surface area contributed by atoms with Crippen molar-refractivity contribution >= 4 is 21.4 Å². The molecule has 4 rings (SSSR count). The third kappa shape index (κ3) is 4.78. The topological polar surface area (TPSA) is 15.3 Å². The molecule has 1 aliphatic heterocycles. The van der Waals surface area contributed by atoms with Crippen molar-refractivity contribution in [3.05, 3.63) is 71.1 Å². The van der Waals surface area contributed by atoms with Gasteiger partial charge in [-0.2, -0.15) is 0 Å². The van der Waals surface area contributed by atoms with Crippen molar-refractivity contribution < 1.29 is 0 Å². The molecule has 0 bridgehead atoms. The van der Waals surface area contributed by atoms with Gasteiger partial charge in [0.05, 0.1) is 0 Å². The summed E-state index contributed by atoms with van der Waals surface area (Å²) in [6.07, 6.45) is 5.08. The number of piperidine rings is 1. The van der Waals surface area contributed by atoms with Crippen molar-refractivity contribution in [1.29, 1.82) is 0 Å². The Labute approximate surface area is 167 Å². The van der Waals surface area contributed by atoms with Crippen molar-refractivity contribution in [2.75, 3.05) is 20.1 Å². The normalized spacial score (nSPS) is 18.8. The highest BCUT2D eigenvalue weighted by molar-refractivity contribution is 7.19. The van der Waals surface area contributed by atoms with Crippen LogP contribution in [0, 0.1) is 5.92 Å². The highest BCUT2D eigenvalue weighted by atomic mass is 32.1. The first-order chi connectivity index (χ1) is 13.3. The van der Waals surface area contributed by atoms with Crippen LogP contribution in [-0.4, -0.2) is 31.1 Å². The molecule has 27 heavy (non-hydrogen) atoms. The summed E-state index contributed by atoms with van der Waals surface area (Å²) < 4.78 is 1.42. The summed E-state index contributed by atoms with van der Waals surface area (Å²) in [4.78, 5) is 4.12. The molecule has 1 saturated heterocycles. The Balaban J connectivity index is 1.46. The number of thiophene rings is 1. The SMILES string of the molecule is CN(Cc1ccccc1)C(CCc1cc2ccccc2s1)C1CCCNC1. The lowest BCUT2D eigenvalue weighted by atomic mass is 9.87. The van der Waals surface area contributed by atoms with Gasteiger partial charge in [-0.3, -0.25) is 4.90 Å². The van der Waals surface area contributed by atoms with Gasteiger partial charge in [0, 0.05) is 22.2 Å². The van der Waals surface area contributed by atoms with Crippen molar-refractivity contribution in [1.82, 2.24) is 10.2 Å². The summed E-state index contributed by atoms with van der Waals surface area (Å²) in [5.74, 6) is 0.752. The first-order valence-corrected chi connectivity index (χ1v) is 11.0. The van der Waals surface area contributed by atoms with Gasteiger partial charge in [0.15, 0.2) is 0 Å². The Morgan fingerprint density at radius 1 is 1.11 bits per heavy atom. The molecule has 142 valence electrons. The third-order valence-electron chi connectivity index (χ3n) is 5.88. The molecular weight excluding hydrogens is 348 g/mol. The second-order valence-corrected chi connectivity index (χ2v) is 9.03. The number of benzene rings is 2. The molecule has 3 aromatic rings. The third-order valence-corrected chi connectivity index (χ3v) is 7.06. The van der Waals surface area contributed by atoms with E-state index in [-0.39, 0.29) is 0 Å². The van der Waals surface area contributed by atoms with Gasteiger partial charge < -0.3 is 5.32 Å². The van der Waals surface area contributed by atoms with Gasteiger partial charge in [0.1, 0.15) is 0 Å². The minimum absolute atomic E-state index is 0.628. The molecule has 2 heterocycles. The predicted molar refractivity (Wildman–Crippen MR) is 117 cm³/mol. The van der Waals surface area contributed by atoms with E-state index in [2.05, 4.69) is 77.9 Å². The number of aryl methyl sites for hydroxylation is 1. The molecule has 2 unspecified atom stereocenters. The van der Waals surface area contributed by atoms with Crippen LogP contribution in [0.3, 0.4) is 0 Å². The van der Waals surface area contributed by atoms with Crippen LogP contribution >= 0.6 is 11.3 Å². The van der Waals surface area contributed by atoms with E-state index in [1.54, 1.807) is 0 Å². The summed E-state index contributed by atoms with van der Waals surface area (Å²) in [6.45, 7) is 3.38. The average Bonchev–Trinajstić information content (AvgIpc) is 3.13. The van der Waals surface area contributed by atoms with Crippen LogP contribution in [0.4, 0.5) is 0 Å². The molecule has 0 amide bonds. The van der Waals surface area contributed by atoms with Crippen LogP contribution in [0.2, 0.25) is 0 Å². The largest absolute Gasteiger partial charge is 0.316 e. The second kappa shape index (κ2) is 9.01. The molecule has 0 saturated carbocycles. The smallest absolute Gasteiger partial charge is 0.0345 e. The van der Waals surface area contributed by atoms with Gasteiger partial charge in [0.2, 0.25) is 0 Å². The van der Waals surface area contributed by atoms with E-state index in [9.17, 15) is 0 Å². The Hall–Kier alpha value is -1.68. The van der Waals surface area contributed by atoms with Crippen LogP contribution in [0.5, 0.6) is 0 Å². The first-order valence-electron chi connectivity index (χ1n) is 10.2. The van der Waals surface area contributed by atoms with E-state index in [0.29, 0.717) is 6.04 Å². The molecule has 2 nitrogen and oxygen atoms in total. The standard InChI is InChI=1S/C24H30N2S/c1-26(18-19-8-3-2-4-9-19)23(21-11-7-15-25-17-21)14-13-22-16-20-10-5-6-12-24(20)27-22/h2-6,8-10,12,16,21,23,25H,7,11,13-15,17-18H2,1H3. The maximum absolute atomic E-state index is 3.63. The molecular formula is C24H30N2S. The van der Waals surface area contributed by atoms with E-state index in [4.69, 9.17) is 0 Å². The van der Waals surface area contributed by atoms with E-state index >= 15 is 0 Å². The molecule has 0 spiro atoms. The molecule has 0 radical (unpaired) electrons. The number of hydrogen-bond acceptors (Lipinski definition) is 3. The van der Waals surface area contributed by atoms with Crippen molar-refractivity contribution in [3.63, 3.8) is 0 Å². The quantitative estimate of drug-likeness (QED) is 0.597. The number of fused-ring (bicyclic) bond motifs is 1. The maximum atomic E-state index is 3.63. The molecule has 1 N–H and O–H groups in total. The van der Waals surface area contributed by atoms with E-state index in [1.807, 2.05) is 11.3 Å². The van der Waals surface area contributed by atoms with E-state index < -0.39 is 0 Å². The number of rotatable bonds is 7. The van der Waals surface area contributed by atoms with Crippen LogP contribution in [-0.2, 0) is 13.0 Å². The summed E-state index contributed by atoms with van der Waals surface area (Å²) >= 11 is 1.97. The average molecular weight is 379 g/mol. The molecule has 1 aromatic heterocycles. The molecule has 2 aromatic carbocycles. The van der Waals surface area contributed by atoms with E-state index in [1.165, 1.54) is 52.8 Å². The first kappa shape index (κ1) is 18.7. The number of hydrogen-bond donors (Lipinski definition) is 1. The fourth-order valence-electron chi connectivity index (χ4n) is 4.46. The zero-order valence-electron chi connectivity index (χ0n) is 16.2. The lowest BCUT2D eigenvalue weighted by Crippen LogP contribution is -2.44. The van der Waals surface area contributed by atoms with Gasteiger partial charge >= 0.3 is 0 Å². The predicted octanol–water partition coefficient (Wildman–Crippen LogP) is 5.33. The van der Waals surface area contributed by atoms with Gasteiger partial charge in [-0.15, -0.1) is 11.3 Å². The Bertz CT molecular complexity index is 803. The molecule has 0 aliphatic carbocycles. The second-order valence-electron chi connectivity index (χ2n) is 7.86. The highest BCUT2D eigenvalue weighted by Gasteiger charge is 2.27. The molecule has 3 heteroatoms. The molecule has 1 aliphatic rings. The lowest BCUT2D eigenvalue weighted by molar-refractivity contribution is 0.137. The summed E-state index contributed by atoms with van der Waals surface area (Å²) in [5.41, 5.74) is 1.41. The van der Waals surface area contributed by atoms with Gasteiger partial charge in [-0.1, -0.05) is 48.5 Å². The summed E-state index contributed by atoms with van der Waals surface area (Å²) in [5, 5.41) is 5.02. The summed E-state index contributed by atoms with van der Waals surface area (Å²) in [7, 11) is 2.32. The van der Waals surface area contributed by atoms with Gasteiger partial charge in [0.25, 0.3) is 0 Å². The Kier molecular flexibility index (Phi) is 6.23. The monoisotopic (exact) mass is 378 g/mol. The maximum Gasteiger partial charge on any atom is 0.0345 e. The number of nitrogens with zero attached hydrogens (tertiary/aromatic N) is 1. The van der Waals surface area contributed by atoms with Crippen molar-refractivity contribution in [3.8, 4) is 0 Å². The summed E-state index contributed by atoms with van der Waals surface area (Å²) in [6, 6.07) is 22.7. The van der Waals surface area contributed by atoms with E-state index in [0.717, 1.165) is 19.0 Å². The molecule has 2 atom stereocenters.